The van der Waals surface area contributed by atoms with Gasteiger partial charge in [-0.2, -0.15) is 0 Å². The quantitative estimate of drug-likeness (QED) is 0.833. The lowest BCUT2D eigenvalue weighted by Gasteiger charge is -2.22. The average molecular weight is 249 g/mol. The minimum atomic E-state index is -0.338. The second-order valence-corrected chi connectivity index (χ2v) is 4.03. The first-order valence-electron chi connectivity index (χ1n) is 5.58. The van der Waals surface area contributed by atoms with Crippen LogP contribution in [0.5, 0.6) is 0 Å². The van der Waals surface area contributed by atoms with E-state index in [1.54, 1.807) is 30.6 Å². The van der Waals surface area contributed by atoms with Gasteiger partial charge in [0.2, 0.25) is 5.95 Å². The number of hydrogen-bond donors (Lipinski definition) is 2. The monoisotopic (exact) mass is 249 g/mol. The highest BCUT2D eigenvalue weighted by molar-refractivity contribution is 5.87. The van der Waals surface area contributed by atoms with Crippen LogP contribution < -0.4 is 5.32 Å². The molecule has 2 N–H and O–H groups in total. The molecule has 0 saturated heterocycles. The highest BCUT2D eigenvalue weighted by Crippen LogP contribution is 2.08. The molecule has 0 fully saturated rings. The lowest BCUT2D eigenvalue weighted by Crippen LogP contribution is -2.40. The number of pyridine rings is 1. The fraction of sp³-hybridized carbons (Fsp3) is 0.364. The van der Waals surface area contributed by atoms with Gasteiger partial charge in [-0.3, -0.25) is 9.72 Å². The van der Waals surface area contributed by atoms with Crippen molar-refractivity contribution < 1.29 is 9.90 Å². The zero-order valence-corrected chi connectivity index (χ0v) is 10.2. The first-order chi connectivity index (χ1) is 8.63. The largest absolute Gasteiger partial charge is 0.394 e. The number of hydrogen-bond acceptors (Lipinski definition) is 4. The predicted octanol–water partition coefficient (Wildman–Crippen LogP) is 0.574. The SMILES string of the molecule is CC(CO)N(C)C(=O)Nc1nnc2ccccn12. The van der Waals surface area contributed by atoms with Crippen LogP contribution in [0.3, 0.4) is 0 Å². The molecule has 0 aromatic carbocycles. The highest BCUT2D eigenvalue weighted by Gasteiger charge is 2.16. The van der Waals surface area contributed by atoms with Crippen molar-refractivity contribution in [3.05, 3.63) is 24.4 Å². The minimum Gasteiger partial charge on any atom is -0.394 e. The number of likely N-dealkylation sites (N-methyl/N-ethyl adjacent to an activating group) is 1. The van der Waals surface area contributed by atoms with Crippen molar-refractivity contribution in [2.45, 2.75) is 13.0 Å². The fourth-order valence-corrected chi connectivity index (χ4v) is 1.43. The molecule has 1 atom stereocenters. The van der Waals surface area contributed by atoms with Crippen LogP contribution in [0.1, 0.15) is 6.92 Å². The van der Waals surface area contributed by atoms with Gasteiger partial charge < -0.3 is 10.0 Å². The van der Waals surface area contributed by atoms with Gasteiger partial charge in [-0.15, -0.1) is 10.2 Å². The van der Waals surface area contributed by atoms with Crippen molar-refractivity contribution in [1.29, 1.82) is 0 Å². The van der Waals surface area contributed by atoms with Crippen molar-refractivity contribution in [3.63, 3.8) is 0 Å². The zero-order valence-electron chi connectivity index (χ0n) is 10.2. The Morgan fingerprint density at radius 2 is 2.33 bits per heavy atom. The van der Waals surface area contributed by atoms with Gasteiger partial charge in [-0.05, 0) is 19.1 Å². The van der Waals surface area contributed by atoms with E-state index < -0.39 is 0 Å². The Balaban J connectivity index is 2.16. The zero-order chi connectivity index (χ0) is 13.1. The Morgan fingerprint density at radius 3 is 3.06 bits per heavy atom. The van der Waals surface area contributed by atoms with E-state index in [0.717, 1.165) is 0 Å². The van der Waals surface area contributed by atoms with Gasteiger partial charge in [0.15, 0.2) is 5.65 Å². The van der Waals surface area contributed by atoms with Crippen molar-refractivity contribution in [2.75, 3.05) is 19.0 Å². The summed E-state index contributed by atoms with van der Waals surface area (Å²) < 4.78 is 1.68. The predicted molar refractivity (Wildman–Crippen MR) is 66.3 cm³/mol. The number of fused-ring (bicyclic) bond motifs is 1. The molecule has 0 radical (unpaired) electrons. The molecule has 2 aromatic heterocycles. The Hall–Kier alpha value is -2.15. The molecule has 0 spiro atoms. The number of aliphatic hydroxyl groups excluding tert-OH is 1. The number of anilines is 1. The summed E-state index contributed by atoms with van der Waals surface area (Å²) in [6.45, 7) is 1.66. The van der Waals surface area contributed by atoms with Gasteiger partial charge in [0.05, 0.1) is 12.6 Å². The summed E-state index contributed by atoms with van der Waals surface area (Å²) >= 11 is 0. The summed E-state index contributed by atoms with van der Waals surface area (Å²) in [5.74, 6) is 0.354. The molecule has 2 amide bonds. The van der Waals surface area contributed by atoms with Crippen molar-refractivity contribution in [1.82, 2.24) is 19.5 Å². The number of aromatic nitrogens is 3. The molecular weight excluding hydrogens is 234 g/mol. The van der Waals surface area contributed by atoms with Gasteiger partial charge in [0.1, 0.15) is 0 Å². The van der Waals surface area contributed by atoms with Crippen LogP contribution in [0.4, 0.5) is 10.7 Å². The number of carbonyl (C=O) groups is 1. The molecule has 7 nitrogen and oxygen atoms in total. The standard InChI is InChI=1S/C11H15N5O2/c1-8(7-17)15(2)11(18)12-10-14-13-9-5-3-4-6-16(9)10/h3-6,8,17H,7H2,1-2H3,(H,12,14,18). The second kappa shape index (κ2) is 5.01. The number of carbonyl (C=O) groups excluding carboxylic acids is 1. The van der Waals surface area contributed by atoms with E-state index in [0.29, 0.717) is 11.6 Å². The number of aliphatic hydroxyl groups is 1. The summed E-state index contributed by atoms with van der Waals surface area (Å²) in [5, 5.41) is 19.5. The molecule has 1 unspecified atom stereocenters. The molecule has 2 rings (SSSR count). The third kappa shape index (κ3) is 2.25. The normalized spacial score (nSPS) is 12.4. The number of amides is 2. The van der Waals surface area contributed by atoms with Crippen LogP contribution in [-0.4, -0.2) is 50.3 Å². The van der Waals surface area contributed by atoms with Gasteiger partial charge in [-0.1, -0.05) is 6.07 Å². The van der Waals surface area contributed by atoms with Crippen molar-refractivity contribution >= 4 is 17.6 Å². The molecular formula is C11H15N5O2. The summed E-state index contributed by atoms with van der Waals surface area (Å²) in [4.78, 5) is 13.3. The molecule has 2 heterocycles. The molecule has 2 aromatic rings. The number of rotatable bonds is 3. The lowest BCUT2D eigenvalue weighted by atomic mass is 10.3. The molecule has 96 valence electrons. The Kier molecular flexibility index (Phi) is 3.42. The minimum absolute atomic E-state index is 0.0928. The van der Waals surface area contributed by atoms with E-state index >= 15 is 0 Å². The number of nitrogens with one attached hydrogen (secondary N) is 1. The van der Waals surface area contributed by atoms with Gasteiger partial charge in [0.25, 0.3) is 0 Å². The maximum absolute atomic E-state index is 11.9. The van der Waals surface area contributed by atoms with E-state index in [2.05, 4.69) is 15.5 Å². The second-order valence-electron chi connectivity index (χ2n) is 4.03. The molecule has 0 saturated carbocycles. The first-order valence-corrected chi connectivity index (χ1v) is 5.58. The van der Waals surface area contributed by atoms with Crippen molar-refractivity contribution in [2.24, 2.45) is 0 Å². The maximum atomic E-state index is 11.9. The Morgan fingerprint density at radius 1 is 1.56 bits per heavy atom. The van der Waals surface area contributed by atoms with Crippen LogP contribution >= 0.6 is 0 Å². The molecule has 18 heavy (non-hydrogen) atoms. The van der Waals surface area contributed by atoms with Crippen LogP contribution in [0, 0.1) is 0 Å². The smallest absolute Gasteiger partial charge is 0.324 e. The summed E-state index contributed by atoms with van der Waals surface area (Å²) in [5.41, 5.74) is 0.658. The summed E-state index contributed by atoms with van der Waals surface area (Å²) in [7, 11) is 1.61. The fourth-order valence-electron chi connectivity index (χ4n) is 1.43. The topological polar surface area (TPSA) is 82.8 Å². The van der Waals surface area contributed by atoms with Crippen LogP contribution in [0.25, 0.3) is 5.65 Å². The van der Waals surface area contributed by atoms with E-state index in [4.69, 9.17) is 5.11 Å². The highest BCUT2D eigenvalue weighted by atomic mass is 16.3. The molecule has 0 bridgehead atoms. The van der Waals surface area contributed by atoms with Crippen molar-refractivity contribution in [3.8, 4) is 0 Å². The Bertz CT molecular complexity index is 553. The van der Waals surface area contributed by atoms with Gasteiger partial charge >= 0.3 is 6.03 Å². The Labute approximate surface area is 104 Å². The molecule has 0 aliphatic rings. The van der Waals surface area contributed by atoms with E-state index in [1.807, 2.05) is 12.1 Å². The van der Waals surface area contributed by atoms with E-state index in [9.17, 15) is 4.79 Å². The third-order valence-corrected chi connectivity index (χ3v) is 2.78. The van der Waals surface area contributed by atoms with Crippen LogP contribution in [0.15, 0.2) is 24.4 Å². The molecule has 0 aliphatic heterocycles. The number of urea groups is 1. The first kappa shape index (κ1) is 12.3. The lowest BCUT2D eigenvalue weighted by molar-refractivity contribution is 0.166. The van der Waals surface area contributed by atoms with E-state index in [-0.39, 0.29) is 18.7 Å². The molecule has 0 aliphatic carbocycles. The third-order valence-electron chi connectivity index (χ3n) is 2.78. The summed E-state index contributed by atoms with van der Waals surface area (Å²) in [6.07, 6.45) is 1.76. The summed E-state index contributed by atoms with van der Waals surface area (Å²) in [6, 6.07) is 4.86. The number of nitrogens with zero attached hydrogens (tertiary/aromatic N) is 4. The van der Waals surface area contributed by atoms with Gasteiger partial charge in [0, 0.05) is 13.2 Å². The van der Waals surface area contributed by atoms with Crippen LogP contribution in [0.2, 0.25) is 0 Å². The van der Waals surface area contributed by atoms with E-state index in [1.165, 1.54) is 4.90 Å². The molecule has 7 heteroatoms. The van der Waals surface area contributed by atoms with Crippen LogP contribution in [-0.2, 0) is 0 Å². The van der Waals surface area contributed by atoms with Gasteiger partial charge in [-0.25, -0.2) is 4.79 Å². The average Bonchev–Trinajstić information content (AvgIpc) is 2.80. The maximum Gasteiger partial charge on any atom is 0.324 e.